The molecule has 4 rings (SSSR count). The van der Waals surface area contributed by atoms with E-state index in [1.165, 1.54) is 7.11 Å². The van der Waals surface area contributed by atoms with Crippen LogP contribution in [0.1, 0.15) is 52.4 Å². The largest absolute Gasteiger partial charge is 0.465 e. The Kier molecular flexibility index (Phi) is 5.49. The highest BCUT2D eigenvalue weighted by molar-refractivity contribution is 5.92. The summed E-state index contributed by atoms with van der Waals surface area (Å²) < 4.78 is 11.4. The van der Waals surface area contributed by atoms with Crippen molar-refractivity contribution in [3.63, 3.8) is 0 Å². The average Bonchev–Trinajstić information content (AvgIpc) is 2.77. The first-order chi connectivity index (χ1) is 14.6. The van der Waals surface area contributed by atoms with E-state index in [-0.39, 0.29) is 11.9 Å². The maximum absolute atomic E-state index is 12.5. The lowest BCUT2D eigenvalue weighted by atomic mass is 9.80. The zero-order valence-corrected chi connectivity index (χ0v) is 17.9. The first-order valence-electron chi connectivity index (χ1n) is 10.4. The smallest absolute Gasteiger partial charge is 0.338 e. The number of fused-ring (bicyclic) bond motifs is 2. The summed E-state index contributed by atoms with van der Waals surface area (Å²) in [7, 11) is 1.42. The number of hydrogen-bond acceptors (Lipinski definition) is 4. The van der Waals surface area contributed by atoms with Crippen molar-refractivity contribution in [1.29, 1.82) is 0 Å². The minimum Gasteiger partial charge on any atom is -0.465 e. The minimum atomic E-state index is -0.327. The summed E-state index contributed by atoms with van der Waals surface area (Å²) in [5.41, 5.74) is 5.89. The van der Waals surface area contributed by atoms with E-state index < -0.39 is 0 Å². The van der Waals surface area contributed by atoms with Crippen molar-refractivity contribution >= 4 is 11.7 Å². The molecule has 0 aliphatic carbocycles. The van der Waals surface area contributed by atoms with Crippen molar-refractivity contribution in [2.75, 3.05) is 25.1 Å². The highest BCUT2D eigenvalue weighted by atomic mass is 16.5. The second-order valence-corrected chi connectivity index (χ2v) is 7.55. The van der Waals surface area contributed by atoms with Crippen molar-refractivity contribution in [2.24, 2.45) is 0 Å². The molecule has 1 atom stereocenters. The normalized spacial score (nSPS) is 14.3. The Balaban J connectivity index is 1.93. The molecule has 0 amide bonds. The molecule has 30 heavy (non-hydrogen) atoms. The molecule has 0 radical (unpaired) electrons. The number of methoxy groups -OCH3 is 1. The number of rotatable bonds is 5. The standard InChI is InChI=1S/C26H27NO3/c1-5-27(6-2)18-12-14-22-24(16-18)30-23-15-17(3)11-13-21(23)25(22)19-9-7-8-10-20(19)26(28)29-4/h7-16,25H,5-6H2,1-4H3. The lowest BCUT2D eigenvalue weighted by Crippen LogP contribution is -2.22. The summed E-state index contributed by atoms with van der Waals surface area (Å²) >= 11 is 0. The molecule has 0 fully saturated rings. The van der Waals surface area contributed by atoms with Gasteiger partial charge < -0.3 is 14.4 Å². The van der Waals surface area contributed by atoms with E-state index in [0.29, 0.717) is 5.56 Å². The Morgan fingerprint density at radius 1 is 0.933 bits per heavy atom. The molecule has 4 heteroatoms. The maximum atomic E-state index is 12.5. The first-order valence-corrected chi connectivity index (χ1v) is 10.4. The number of carbonyl (C=O) groups excluding carboxylic acids is 1. The fraction of sp³-hybridized carbons (Fsp3) is 0.269. The molecule has 1 heterocycles. The van der Waals surface area contributed by atoms with Gasteiger partial charge in [-0.2, -0.15) is 0 Å². The van der Waals surface area contributed by atoms with Crippen LogP contribution in [-0.4, -0.2) is 26.2 Å². The van der Waals surface area contributed by atoms with Crippen LogP contribution in [0.2, 0.25) is 0 Å². The van der Waals surface area contributed by atoms with E-state index in [9.17, 15) is 4.79 Å². The summed E-state index contributed by atoms with van der Waals surface area (Å²) in [5.74, 6) is 1.24. The third-order valence-corrected chi connectivity index (χ3v) is 5.81. The number of aryl methyl sites for hydroxylation is 1. The van der Waals surface area contributed by atoms with Gasteiger partial charge in [-0.15, -0.1) is 0 Å². The molecule has 0 N–H and O–H groups in total. The third-order valence-electron chi connectivity index (χ3n) is 5.81. The second kappa shape index (κ2) is 8.23. The Hall–Kier alpha value is -3.27. The van der Waals surface area contributed by atoms with Gasteiger partial charge in [0.1, 0.15) is 11.5 Å². The Morgan fingerprint density at radius 3 is 2.30 bits per heavy atom. The van der Waals surface area contributed by atoms with E-state index in [4.69, 9.17) is 9.47 Å². The van der Waals surface area contributed by atoms with Crippen molar-refractivity contribution in [1.82, 2.24) is 0 Å². The maximum Gasteiger partial charge on any atom is 0.338 e. The monoisotopic (exact) mass is 401 g/mol. The number of hydrogen-bond donors (Lipinski definition) is 0. The predicted molar refractivity (Wildman–Crippen MR) is 120 cm³/mol. The van der Waals surface area contributed by atoms with Gasteiger partial charge in [-0.3, -0.25) is 0 Å². The van der Waals surface area contributed by atoms with Crippen molar-refractivity contribution in [2.45, 2.75) is 26.7 Å². The lowest BCUT2D eigenvalue weighted by molar-refractivity contribution is 0.0599. The molecule has 0 aromatic heterocycles. The number of anilines is 1. The zero-order chi connectivity index (χ0) is 21.3. The van der Waals surface area contributed by atoms with Gasteiger partial charge in [0.15, 0.2) is 0 Å². The molecule has 0 saturated heterocycles. The molecule has 4 nitrogen and oxygen atoms in total. The van der Waals surface area contributed by atoms with Gasteiger partial charge in [0, 0.05) is 41.9 Å². The molecular weight excluding hydrogens is 374 g/mol. The molecule has 1 aliphatic heterocycles. The fourth-order valence-electron chi connectivity index (χ4n) is 4.27. The first kappa shape index (κ1) is 20.0. The molecule has 0 saturated carbocycles. The summed E-state index contributed by atoms with van der Waals surface area (Å²) in [5, 5.41) is 0. The quantitative estimate of drug-likeness (QED) is 0.390. The van der Waals surface area contributed by atoms with E-state index in [0.717, 1.165) is 52.5 Å². The van der Waals surface area contributed by atoms with Gasteiger partial charge in [0.25, 0.3) is 0 Å². The topological polar surface area (TPSA) is 38.8 Å². The van der Waals surface area contributed by atoms with Gasteiger partial charge in [-0.05, 0) is 50.1 Å². The number of esters is 1. The summed E-state index contributed by atoms with van der Waals surface area (Å²) in [6, 6.07) is 20.3. The van der Waals surface area contributed by atoms with Crippen molar-refractivity contribution in [3.05, 3.63) is 88.5 Å². The fourth-order valence-corrected chi connectivity index (χ4v) is 4.27. The number of nitrogens with zero attached hydrogens (tertiary/aromatic N) is 1. The van der Waals surface area contributed by atoms with Crippen LogP contribution in [0.15, 0.2) is 60.7 Å². The van der Waals surface area contributed by atoms with Crippen LogP contribution in [0.25, 0.3) is 0 Å². The minimum absolute atomic E-state index is 0.106. The van der Waals surface area contributed by atoms with Crippen LogP contribution >= 0.6 is 0 Å². The Labute approximate surface area is 178 Å². The zero-order valence-electron chi connectivity index (χ0n) is 17.9. The Bertz CT molecular complexity index is 1090. The van der Waals surface area contributed by atoms with Gasteiger partial charge >= 0.3 is 5.97 Å². The van der Waals surface area contributed by atoms with E-state index >= 15 is 0 Å². The van der Waals surface area contributed by atoms with Crippen LogP contribution in [0.5, 0.6) is 11.5 Å². The molecule has 0 spiro atoms. The van der Waals surface area contributed by atoms with Crippen LogP contribution in [0.3, 0.4) is 0 Å². The van der Waals surface area contributed by atoms with Gasteiger partial charge in [0.05, 0.1) is 12.7 Å². The highest BCUT2D eigenvalue weighted by Gasteiger charge is 2.32. The van der Waals surface area contributed by atoms with E-state index in [2.05, 4.69) is 62.1 Å². The summed E-state index contributed by atoms with van der Waals surface area (Å²) in [6.07, 6.45) is 0. The Morgan fingerprint density at radius 2 is 1.60 bits per heavy atom. The molecule has 3 aromatic rings. The molecular formula is C26H27NO3. The van der Waals surface area contributed by atoms with Crippen molar-refractivity contribution < 1.29 is 14.3 Å². The number of ether oxygens (including phenoxy) is 2. The van der Waals surface area contributed by atoms with E-state index in [1.54, 1.807) is 0 Å². The van der Waals surface area contributed by atoms with Gasteiger partial charge in [-0.25, -0.2) is 4.79 Å². The molecule has 3 aromatic carbocycles. The number of carbonyl (C=O) groups is 1. The van der Waals surface area contributed by atoms with Crippen LogP contribution in [0, 0.1) is 6.92 Å². The van der Waals surface area contributed by atoms with Gasteiger partial charge in [-0.1, -0.05) is 36.4 Å². The van der Waals surface area contributed by atoms with E-state index in [1.807, 2.05) is 24.3 Å². The predicted octanol–water partition coefficient (Wildman–Crippen LogP) is 5.91. The third kappa shape index (κ3) is 3.43. The van der Waals surface area contributed by atoms with Crippen LogP contribution in [0.4, 0.5) is 5.69 Å². The lowest BCUT2D eigenvalue weighted by Gasteiger charge is -2.31. The molecule has 1 aliphatic rings. The summed E-state index contributed by atoms with van der Waals surface area (Å²) in [4.78, 5) is 14.8. The van der Waals surface area contributed by atoms with Crippen LogP contribution in [-0.2, 0) is 4.74 Å². The molecule has 154 valence electrons. The van der Waals surface area contributed by atoms with Crippen LogP contribution < -0.4 is 9.64 Å². The average molecular weight is 402 g/mol. The molecule has 1 unspecified atom stereocenters. The highest BCUT2D eigenvalue weighted by Crippen LogP contribution is 2.49. The number of benzene rings is 3. The summed E-state index contributed by atoms with van der Waals surface area (Å²) in [6.45, 7) is 8.22. The van der Waals surface area contributed by atoms with Crippen molar-refractivity contribution in [3.8, 4) is 11.5 Å². The van der Waals surface area contributed by atoms with Gasteiger partial charge in [0.2, 0.25) is 0 Å². The SMILES string of the molecule is CCN(CC)c1ccc2c(c1)Oc1cc(C)ccc1C2c1ccccc1C(=O)OC. The molecule has 0 bridgehead atoms. The second-order valence-electron chi connectivity index (χ2n) is 7.55.